The third kappa shape index (κ3) is 3.89. The average molecular weight is 383 g/mol. The summed E-state index contributed by atoms with van der Waals surface area (Å²) in [6.07, 6.45) is 0.148. The summed E-state index contributed by atoms with van der Waals surface area (Å²) in [4.78, 5) is 24.1. The molecule has 0 aliphatic carbocycles. The Morgan fingerprint density at radius 1 is 0.875 bits per heavy atom. The maximum absolute atomic E-state index is 12.1. The van der Waals surface area contributed by atoms with E-state index in [0.29, 0.717) is 5.56 Å². The number of benzene rings is 3. The molecule has 0 fully saturated rings. The fourth-order valence-corrected chi connectivity index (χ4v) is 2.78. The lowest BCUT2D eigenvalue weighted by molar-refractivity contribution is -0.141. The second-order valence-corrected chi connectivity index (χ2v) is 6.32. The van der Waals surface area contributed by atoms with Crippen LogP contribution in [0.4, 0.5) is 0 Å². The Morgan fingerprint density at radius 2 is 1.58 bits per heavy atom. The van der Waals surface area contributed by atoms with Crippen LogP contribution in [0, 0.1) is 0 Å². The number of fused-ring (bicyclic) bond motifs is 1. The zero-order valence-corrected chi connectivity index (χ0v) is 14.5. The molecule has 0 aliphatic rings. The number of Topliss-reactive ketones (excluding diaryl/α,β-unsaturated/α-hetero) is 1. The van der Waals surface area contributed by atoms with E-state index in [-0.39, 0.29) is 18.8 Å². The Kier molecular flexibility index (Phi) is 5.06. The summed E-state index contributed by atoms with van der Waals surface area (Å²) in [6.45, 7) is -0.245. The van der Waals surface area contributed by atoms with Crippen molar-refractivity contribution >= 4 is 38.5 Å². The number of halogens is 1. The first-order chi connectivity index (χ1) is 11.6. The quantitative estimate of drug-likeness (QED) is 0.479. The van der Waals surface area contributed by atoms with Gasteiger partial charge in [0.15, 0.2) is 12.4 Å². The molecule has 0 N–H and O–H groups in total. The first-order valence-corrected chi connectivity index (χ1v) is 8.34. The van der Waals surface area contributed by atoms with Crippen molar-refractivity contribution in [3.63, 3.8) is 0 Å². The maximum atomic E-state index is 12.1. The second kappa shape index (κ2) is 7.41. The van der Waals surface area contributed by atoms with Crippen LogP contribution in [0.25, 0.3) is 10.8 Å². The van der Waals surface area contributed by atoms with Crippen LogP contribution in [0.3, 0.4) is 0 Å². The lowest BCUT2D eigenvalue weighted by atomic mass is 10.0. The van der Waals surface area contributed by atoms with Crippen LogP contribution in [0.5, 0.6) is 0 Å². The number of hydrogen-bond acceptors (Lipinski definition) is 3. The van der Waals surface area contributed by atoms with Crippen molar-refractivity contribution in [2.75, 3.05) is 6.61 Å². The summed E-state index contributed by atoms with van der Waals surface area (Å²) >= 11 is 3.32. The smallest absolute Gasteiger partial charge is 0.310 e. The van der Waals surface area contributed by atoms with E-state index in [1.807, 2.05) is 42.5 Å². The van der Waals surface area contributed by atoms with E-state index < -0.39 is 5.97 Å². The molecule has 0 saturated heterocycles. The van der Waals surface area contributed by atoms with Crippen LogP contribution in [0.15, 0.2) is 71.2 Å². The number of esters is 1. The third-order valence-electron chi connectivity index (χ3n) is 3.75. The number of ether oxygens (including phenoxy) is 1. The minimum absolute atomic E-state index is 0.148. The molecule has 4 heteroatoms. The van der Waals surface area contributed by atoms with E-state index in [1.165, 1.54) is 0 Å². The average Bonchev–Trinajstić information content (AvgIpc) is 2.61. The molecule has 0 amide bonds. The zero-order chi connectivity index (χ0) is 16.9. The van der Waals surface area contributed by atoms with E-state index in [2.05, 4.69) is 15.9 Å². The summed E-state index contributed by atoms with van der Waals surface area (Å²) in [5, 5.41) is 2.10. The van der Waals surface area contributed by atoms with Gasteiger partial charge in [-0.25, -0.2) is 0 Å². The highest BCUT2D eigenvalue weighted by Crippen LogP contribution is 2.19. The van der Waals surface area contributed by atoms with Crippen molar-refractivity contribution in [2.45, 2.75) is 6.42 Å². The van der Waals surface area contributed by atoms with Gasteiger partial charge >= 0.3 is 5.97 Å². The largest absolute Gasteiger partial charge is 0.457 e. The van der Waals surface area contributed by atoms with E-state index >= 15 is 0 Å². The van der Waals surface area contributed by atoms with E-state index in [9.17, 15) is 9.59 Å². The third-order valence-corrected chi connectivity index (χ3v) is 4.27. The van der Waals surface area contributed by atoms with Gasteiger partial charge in [0.05, 0.1) is 6.42 Å². The molecule has 120 valence electrons. The van der Waals surface area contributed by atoms with Gasteiger partial charge < -0.3 is 4.74 Å². The van der Waals surface area contributed by atoms with E-state index in [1.54, 1.807) is 24.3 Å². The standard InChI is InChI=1S/C20H15BrO3/c21-17-10-8-15(9-11-17)19(22)13-24-20(23)12-16-6-3-5-14-4-1-2-7-18(14)16/h1-11H,12-13H2. The van der Waals surface area contributed by atoms with Gasteiger partial charge in [-0.15, -0.1) is 0 Å². The summed E-state index contributed by atoms with van der Waals surface area (Å²) in [5.74, 6) is -0.620. The maximum Gasteiger partial charge on any atom is 0.310 e. The van der Waals surface area contributed by atoms with E-state index in [0.717, 1.165) is 20.8 Å². The van der Waals surface area contributed by atoms with Crippen LogP contribution in [0.1, 0.15) is 15.9 Å². The zero-order valence-electron chi connectivity index (χ0n) is 12.9. The van der Waals surface area contributed by atoms with Crippen molar-refractivity contribution in [1.82, 2.24) is 0 Å². The highest BCUT2D eigenvalue weighted by atomic mass is 79.9. The van der Waals surface area contributed by atoms with Crippen LogP contribution in [0.2, 0.25) is 0 Å². The summed E-state index contributed by atoms with van der Waals surface area (Å²) in [5.41, 5.74) is 1.42. The SMILES string of the molecule is O=C(Cc1cccc2ccccc12)OCC(=O)c1ccc(Br)cc1. The molecule has 0 aromatic heterocycles. The van der Waals surface area contributed by atoms with Crippen molar-refractivity contribution in [2.24, 2.45) is 0 Å². The van der Waals surface area contributed by atoms with Crippen LogP contribution >= 0.6 is 15.9 Å². The molecule has 0 heterocycles. The predicted molar refractivity (Wildman–Crippen MR) is 97.1 cm³/mol. The highest BCUT2D eigenvalue weighted by molar-refractivity contribution is 9.10. The Labute approximate surface area is 148 Å². The first kappa shape index (κ1) is 16.4. The van der Waals surface area contributed by atoms with Gasteiger partial charge in [0, 0.05) is 10.0 Å². The molecule has 0 saturated carbocycles. The highest BCUT2D eigenvalue weighted by Gasteiger charge is 2.12. The van der Waals surface area contributed by atoms with Crippen LogP contribution in [-0.2, 0) is 16.0 Å². The molecule has 3 aromatic carbocycles. The Hall–Kier alpha value is -2.46. The first-order valence-electron chi connectivity index (χ1n) is 7.54. The van der Waals surface area contributed by atoms with E-state index in [4.69, 9.17) is 4.74 Å². The molecule has 0 aliphatic heterocycles. The number of carbonyl (C=O) groups excluding carboxylic acids is 2. The Morgan fingerprint density at radius 3 is 2.38 bits per heavy atom. The number of carbonyl (C=O) groups is 2. The van der Waals surface area contributed by atoms with Gasteiger partial charge in [0.2, 0.25) is 0 Å². The molecular formula is C20H15BrO3. The van der Waals surface area contributed by atoms with Crippen molar-refractivity contribution in [3.8, 4) is 0 Å². The summed E-state index contributed by atoms with van der Waals surface area (Å²) in [7, 11) is 0. The fraction of sp³-hybridized carbons (Fsp3) is 0.100. The summed E-state index contributed by atoms with van der Waals surface area (Å²) < 4.78 is 6.04. The summed E-state index contributed by atoms with van der Waals surface area (Å²) in [6, 6.07) is 20.7. The molecule has 3 rings (SSSR count). The van der Waals surface area contributed by atoms with Gasteiger partial charge in [0.25, 0.3) is 0 Å². The molecule has 3 aromatic rings. The van der Waals surface area contributed by atoms with Gasteiger partial charge in [-0.2, -0.15) is 0 Å². The lowest BCUT2D eigenvalue weighted by Gasteiger charge is -2.07. The molecule has 0 bridgehead atoms. The number of ketones is 1. The second-order valence-electron chi connectivity index (χ2n) is 5.41. The minimum atomic E-state index is -0.406. The molecule has 24 heavy (non-hydrogen) atoms. The van der Waals surface area contributed by atoms with Crippen molar-refractivity contribution < 1.29 is 14.3 Å². The van der Waals surface area contributed by atoms with Crippen LogP contribution in [-0.4, -0.2) is 18.4 Å². The van der Waals surface area contributed by atoms with Crippen LogP contribution < -0.4 is 0 Å². The van der Waals surface area contributed by atoms with Gasteiger partial charge in [0.1, 0.15) is 0 Å². The Bertz CT molecular complexity index is 880. The molecular weight excluding hydrogens is 368 g/mol. The van der Waals surface area contributed by atoms with Gasteiger partial charge in [-0.3, -0.25) is 9.59 Å². The predicted octanol–water partition coefficient (Wildman–Crippen LogP) is 4.57. The molecule has 0 radical (unpaired) electrons. The number of hydrogen-bond donors (Lipinski definition) is 0. The molecule has 0 spiro atoms. The topological polar surface area (TPSA) is 43.4 Å². The van der Waals surface area contributed by atoms with Crippen molar-refractivity contribution in [3.05, 3.63) is 82.3 Å². The number of rotatable bonds is 5. The molecule has 0 atom stereocenters. The monoisotopic (exact) mass is 382 g/mol. The van der Waals surface area contributed by atoms with Gasteiger partial charge in [-0.05, 0) is 28.5 Å². The lowest BCUT2D eigenvalue weighted by Crippen LogP contribution is -2.15. The Balaban J connectivity index is 1.63. The normalized spacial score (nSPS) is 10.5. The minimum Gasteiger partial charge on any atom is -0.457 e. The van der Waals surface area contributed by atoms with Gasteiger partial charge in [-0.1, -0.05) is 70.5 Å². The molecule has 3 nitrogen and oxygen atoms in total. The molecule has 0 unspecified atom stereocenters. The van der Waals surface area contributed by atoms with Crippen molar-refractivity contribution in [1.29, 1.82) is 0 Å². The fourth-order valence-electron chi connectivity index (χ4n) is 2.52.